The summed E-state index contributed by atoms with van der Waals surface area (Å²) in [7, 11) is 1.47. The number of hydrogen-bond acceptors (Lipinski definition) is 8. The van der Waals surface area contributed by atoms with Crippen molar-refractivity contribution in [2.45, 2.75) is 44.8 Å². The molecule has 4 amide bonds. The number of nitrogens with two attached hydrogens (primary N) is 1. The van der Waals surface area contributed by atoms with Crippen LogP contribution in [0.3, 0.4) is 0 Å². The average molecular weight is 574 g/mol. The lowest BCUT2D eigenvalue weighted by molar-refractivity contribution is -0.139. The van der Waals surface area contributed by atoms with E-state index in [0.717, 1.165) is 18.1 Å². The number of carbonyl (C=O) groups is 5. The van der Waals surface area contributed by atoms with Crippen molar-refractivity contribution in [3.8, 4) is 5.75 Å². The van der Waals surface area contributed by atoms with Crippen LogP contribution in [0.2, 0.25) is 0 Å². The molecule has 3 atom stereocenters. The summed E-state index contributed by atoms with van der Waals surface area (Å²) < 4.78 is 0. The Bertz CT molecular complexity index is 1140. The molecule has 2 rings (SSSR count). The van der Waals surface area contributed by atoms with Gasteiger partial charge in [0.15, 0.2) is 0 Å². The smallest absolute Gasteiger partial charge is 0.300 e. The summed E-state index contributed by atoms with van der Waals surface area (Å²) in [4.78, 5) is 60.6. The first-order valence-electron chi connectivity index (χ1n) is 12.8. The van der Waals surface area contributed by atoms with Gasteiger partial charge in [0, 0.05) is 26.9 Å². The van der Waals surface area contributed by atoms with E-state index in [1.807, 2.05) is 30.3 Å². The molecule has 13 heteroatoms. The Labute approximate surface area is 238 Å². The highest BCUT2D eigenvalue weighted by molar-refractivity contribution is 5.93. The molecule has 2 aromatic carbocycles. The standard InChI is InChI=1S/C26H35N5O6.C2H4O2/c1-17(30-25(36)21(27)14-19-8-10-20(33)11-9-19)24(35)29-16-23(34)31(2)22(26(37)28-12-13-32)15-18-6-4-3-5-7-18;1-2(3)4/h3-11,17,21-22,32-33H,12-16,27H2,1-2H3,(H,28,37)(H,29,35)(H,30,36);1H3,(H,3,4)/t17-,21+,22+;/m1./s1. The SMILES string of the molecule is CC(=O)O.C[C@@H](NC(=O)[C@@H](N)Cc1ccc(O)cc1)C(=O)NCC(=O)N(C)[C@@H](Cc1ccccc1)C(=O)NCCO. The second-order valence-electron chi connectivity index (χ2n) is 9.17. The third kappa shape index (κ3) is 13.4. The van der Waals surface area contributed by atoms with E-state index in [9.17, 15) is 24.3 Å². The number of nitrogens with one attached hydrogen (secondary N) is 3. The van der Waals surface area contributed by atoms with Crippen LogP contribution in [0, 0.1) is 0 Å². The average Bonchev–Trinajstić information content (AvgIpc) is 2.94. The molecule has 41 heavy (non-hydrogen) atoms. The van der Waals surface area contributed by atoms with Crippen molar-refractivity contribution < 1.29 is 39.3 Å². The van der Waals surface area contributed by atoms with Gasteiger partial charge >= 0.3 is 0 Å². The monoisotopic (exact) mass is 573 g/mol. The van der Waals surface area contributed by atoms with Crippen molar-refractivity contribution in [3.63, 3.8) is 0 Å². The fourth-order valence-corrected chi connectivity index (χ4v) is 3.52. The topological polar surface area (TPSA) is 211 Å². The van der Waals surface area contributed by atoms with Crippen LogP contribution in [0.25, 0.3) is 0 Å². The third-order valence-electron chi connectivity index (χ3n) is 5.74. The second-order valence-corrected chi connectivity index (χ2v) is 9.17. The summed E-state index contributed by atoms with van der Waals surface area (Å²) >= 11 is 0. The minimum absolute atomic E-state index is 0.0506. The van der Waals surface area contributed by atoms with Crippen LogP contribution >= 0.6 is 0 Å². The lowest BCUT2D eigenvalue weighted by Gasteiger charge is -2.28. The first-order chi connectivity index (χ1) is 19.3. The maximum atomic E-state index is 12.8. The molecule has 0 fully saturated rings. The predicted octanol–water partition coefficient (Wildman–Crippen LogP) is -0.848. The highest BCUT2D eigenvalue weighted by Crippen LogP contribution is 2.11. The van der Waals surface area contributed by atoms with Crippen LogP contribution in [0.15, 0.2) is 54.6 Å². The Morgan fingerprint density at radius 2 is 1.44 bits per heavy atom. The van der Waals surface area contributed by atoms with Crippen molar-refractivity contribution >= 4 is 29.6 Å². The largest absolute Gasteiger partial charge is 0.508 e. The number of carboxylic acids is 1. The van der Waals surface area contributed by atoms with E-state index in [0.29, 0.717) is 0 Å². The molecule has 0 heterocycles. The first-order valence-corrected chi connectivity index (χ1v) is 12.8. The van der Waals surface area contributed by atoms with Gasteiger partial charge in [-0.1, -0.05) is 42.5 Å². The van der Waals surface area contributed by atoms with E-state index < -0.39 is 47.7 Å². The predicted molar refractivity (Wildman–Crippen MR) is 151 cm³/mol. The number of aliphatic carboxylic acids is 1. The van der Waals surface area contributed by atoms with E-state index in [2.05, 4.69) is 16.0 Å². The van der Waals surface area contributed by atoms with Gasteiger partial charge in [0.05, 0.1) is 19.2 Å². The summed E-state index contributed by atoms with van der Waals surface area (Å²) in [5.74, 6) is -2.79. The molecule has 0 aliphatic heterocycles. The van der Waals surface area contributed by atoms with Gasteiger partial charge in [-0.15, -0.1) is 0 Å². The molecule has 0 aromatic heterocycles. The maximum Gasteiger partial charge on any atom is 0.300 e. The Hall–Kier alpha value is -4.49. The van der Waals surface area contributed by atoms with E-state index in [-0.39, 0.29) is 38.3 Å². The third-order valence-corrected chi connectivity index (χ3v) is 5.74. The molecule has 13 nitrogen and oxygen atoms in total. The van der Waals surface area contributed by atoms with Crippen LogP contribution in [0.4, 0.5) is 0 Å². The summed E-state index contributed by atoms with van der Waals surface area (Å²) in [5.41, 5.74) is 7.53. The summed E-state index contributed by atoms with van der Waals surface area (Å²) in [6, 6.07) is 12.7. The van der Waals surface area contributed by atoms with Crippen molar-refractivity contribution in [3.05, 3.63) is 65.7 Å². The fourth-order valence-electron chi connectivity index (χ4n) is 3.52. The van der Waals surface area contributed by atoms with Gasteiger partial charge in [-0.3, -0.25) is 24.0 Å². The van der Waals surface area contributed by atoms with Crippen LogP contribution in [0.1, 0.15) is 25.0 Å². The summed E-state index contributed by atoms with van der Waals surface area (Å²) in [6.07, 6.45) is 0.463. The number of phenols is 1. The van der Waals surface area contributed by atoms with Crippen molar-refractivity contribution in [1.29, 1.82) is 0 Å². The zero-order valence-electron chi connectivity index (χ0n) is 23.4. The van der Waals surface area contributed by atoms with Gasteiger partial charge < -0.3 is 41.9 Å². The molecule has 2 aromatic rings. The number of aromatic hydroxyl groups is 1. The molecule has 0 radical (unpaired) electrons. The Balaban J connectivity index is 0.00000196. The number of carboxylic acid groups (broad SMARTS) is 1. The Morgan fingerprint density at radius 3 is 2.00 bits per heavy atom. The first kappa shape index (κ1) is 34.5. The number of amides is 4. The number of aliphatic hydroxyl groups excluding tert-OH is 1. The number of hydrogen-bond donors (Lipinski definition) is 7. The minimum atomic E-state index is -0.954. The van der Waals surface area contributed by atoms with Gasteiger partial charge in [-0.05, 0) is 36.6 Å². The minimum Gasteiger partial charge on any atom is -0.508 e. The molecule has 0 spiro atoms. The zero-order valence-corrected chi connectivity index (χ0v) is 23.4. The lowest BCUT2D eigenvalue weighted by atomic mass is 10.0. The summed E-state index contributed by atoms with van der Waals surface area (Å²) in [6.45, 7) is 1.98. The lowest BCUT2D eigenvalue weighted by Crippen LogP contribution is -2.54. The second kappa shape index (κ2) is 18.0. The Kier molecular flexibility index (Phi) is 15.1. The number of aliphatic hydroxyl groups is 1. The number of carbonyl (C=O) groups excluding carboxylic acids is 4. The zero-order chi connectivity index (χ0) is 30.9. The molecule has 8 N–H and O–H groups in total. The van der Waals surface area contributed by atoms with Gasteiger partial charge in [0.1, 0.15) is 17.8 Å². The van der Waals surface area contributed by atoms with E-state index in [4.69, 9.17) is 20.7 Å². The maximum absolute atomic E-state index is 12.8. The normalized spacial score (nSPS) is 12.4. The number of nitrogens with zero attached hydrogens (tertiary/aromatic N) is 1. The number of rotatable bonds is 13. The van der Waals surface area contributed by atoms with Crippen molar-refractivity contribution in [1.82, 2.24) is 20.9 Å². The molecule has 0 aliphatic rings. The molecule has 0 saturated heterocycles. The van der Waals surface area contributed by atoms with Gasteiger partial charge in [0.2, 0.25) is 23.6 Å². The number of likely N-dealkylation sites (N-methyl/N-ethyl adjacent to an activating group) is 1. The van der Waals surface area contributed by atoms with Crippen LogP contribution in [-0.4, -0.2) is 94.7 Å². The van der Waals surface area contributed by atoms with Crippen molar-refractivity contribution in [2.24, 2.45) is 5.73 Å². The van der Waals surface area contributed by atoms with Crippen molar-refractivity contribution in [2.75, 3.05) is 26.7 Å². The molecular formula is C28H39N5O8. The van der Waals surface area contributed by atoms with Crippen LogP contribution < -0.4 is 21.7 Å². The number of phenolic OH excluding ortho intramolecular Hbond substituents is 1. The van der Waals surface area contributed by atoms with Crippen LogP contribution in [-0.2, 0) is 36.8 Å². The molecule has 224 valence electrons. The van der Waals surface area contributed by atoms with E-state index >= 15 is 0 Å². The summed E-state index contributed by atoms with van der Waals surface area (Å²) in [5, 5.41) is 33.4. The van der Waals surface area contributed by atoms with E-state index in [1.165, 1.54) is 31.0 Å². The van der Waals surface area contributed by atoms with Crippen LogP contribution in [0.5, 0.6) is 5.75 Å². The van der Waals surface area contributed by atoms with Gasteiger partial charge in [0.25, 0.3) is 5.97 Å². The van der Waals surface area contributed by atoms with Gasteiger partial charge in [-0.25, -0.2) is 0 Å². The Morgan fingerprint density at radius 1 is 0.878 bits per heavy atom. The molecular weight excluding hydrogens is 534 g/mol. The molecule has 0 unspecified atom stereocenters. The van der Waals surface area contributed by atoms with E-state index in [1.54, 1.807) is 12.1 Å². The quantitative estimate of drug-likeness (QED) is 0.159. The number of benzene rings is 2. The molecule has 0 saturated carbocycles. The molecule has 0 bridgehead atoms. The highest BCUT2D eigenvalue weighted by atomic mass is 16.4. The highest BCUT2D eigenvalue weighted by Gasteiger charge is 2.28. The fraction of sp³-hybridized carbons (Fsp3) is 0.393. The molecule has 0 aliphatic carbocycles. The van der Waals surface area contributed by atoms with Gasteiger partial charge in [-0.2, -0.15) is 0 Å².